The molecule has 0 aliphatic heterocycles. The topological polar surface area (TPSA) is 60.4 Å². The molecule has 0 spiro atoms. The molecule has 0 fully saturated rings. The number of benzene rings is 4. The molecule has 39 heavy (non-hydrogen) atoms. The molecule has 0 saturated heterocycles. The Morgan fingerprint density at radius 2 is 1.18 bits per heavy atom. The molecule has 4 aromatic carbocycles. The molecular weight excluding hydrogens is 545 g/mol. The first-order valence-electron chi connectivity index (χ1n) is 11.7. The zero-order valence-corrected chi connectivity index (χ0v) is 21.5. The standard InChI is InChI=1S/C16H10F2O2.C15H8Cl2O2/c17-16(18)11-6-7-12-13(19)9-14(20-15(12)8-11)10-4-2-1-3-5-10;16-10-6-11-13(18)8-14(9-4-2-1-3-5-9)19-15(11)12(17)7-10/h1-9,16H;1-8H. The smallest absolute Gasteiger partial charge is 0.263 e. The maximum absolute atomic E-state index is 12.7. The Kier molecular flexibility index (Phi) is 7.59. The predicted octanol–water partition coefficient (Wildman–Crippen LogP) is 9.16. The van der Waals surface area contributed by atoms with E-state index in [0.29, 0.717) is 37.9 Å². The van der Waals surface area contributed by atoms with E-state index in [2.05, 4.69) is 0 Å². The zero-order valence-electron chi connectivity index (χ0n) is 20.0. The maximum Gasteiger partial charge on any atom is 0.263 e. The largest absolute Gasteiger partial charge is 0.456 e. The third-order valence-electron chi connectivity index (χ3n) is 5.87. The molecule has 0 amide bonds. The zero-order chi connectivity index (χ0) is 27.5. The molecule has 8 heteroatoms. The van der Waals surface area contributed by atoms with Gasteiger partial charge in [0.15, 0.2) is 16.4 Å². The number of alkyl halides is 2. The Morgan fingerprint density at radius 3 is 1.77 bits per heavy atom. The van der Waals surface area contributed by atoms with Gasteiger partial charge in [-0.2, -0.15) is 0 Å². The summed E-state index contributed by atoms with van der Waals surface area (Å²) in [7, 11) is 0. The third kappa shape index (κ3) is 5.77. The SMILES string of the molecule is O=c1cc(-c2ccccc2)oc2c(Cl)cc(Cl)cc12.O=c1cc(-c2ccccc2)oc2cc(C(F)F)ccc12. The van der Waals surface area contributed by atoms with Crippen LogP contribution in [0.15, 0.2) is 122 Å². The van der Waals surface area contributed by atoms with Crippen molar-refractivity contribution in [2.45, 2.75) is 6.43 Å². The van der Waals surface area contributed by atoms with E-state index in [1.54, 1.807) is 24.3 Å². The molecule has 0 N–H and O–H groups in total. The van der Waals surface area contributed by atoms with Crippen LogP contribution < -0.4 is 10.9 Å². The van der Waals surface area contributed by atoms with Crippen LogP contribution >= 0.6 is 23.2 Å². The quantitative estimate of drug-likeness (QED) is 0.215. The molecule has 2 aromatic heterocycles. The minimum absolute atomic E-state index is 0.161. The molecule has 2 heterocycles. The average molecular weight is 563 g/mol. The normalized spacial score (nSPS) is 11.0. The van der Waals surface area contributed by atoms with Gasteiger partial charge in [0.05, 0.1) is 15.8 Å². The van der Waals surface area contributed by atoms with E-state index >= 15 is 0 Å². The minimum Gasteiger partial charge on any atom is -0.456 e. The lowest BCUT2D eigenvalue weighted by Gasteiger charge is -2.05. The van der Waals surface area contributed by atoms with E-state index in [1.807, 2.05) is 48.5 Å². The molecule has 0 aliphatic rings. The Balaban J connectivity index is 0.000000158. The summed E-state index contributed by atoms with van der Waals surface area (Å²) in [6.45, 7) is 0. The first-order chi connectivity index (χ1) is 18.8. The van der Waals surface area contributed by atoms with Gasteiger partial charge in [-0.15, -0.1) is 0 Å². The lowest BCUT2D eigenvalue weighted by atomic mass is 10.1. The highest BCUT2D eigenvalue weighted by atomic mass is 35.5. The molecule has 0 aliphatic carbocycles. The highest BCUT2D eigenvalue weighted by Crippen LogP contribution is 2.30. The summed E-state index contributed by atoms with van der Waals surface area (Å²) in [4.78, 5) is 24.1. The van der Waals surface area contributed by atoms with E-state index in [1.165, 1.54) is 30.3 Å². The molecule has 0 unspecified atom stereocenters. The van der Waals surface area contributed by atoms with Crippen molar-refractivity contribution in [3.63, 3.8) is 0 Å². The van der Waals surface area contributed by atoms with Gasteiger partial charge in [0, 0.05) is 33.8 Å². The van der Waals surface area contributed by atoms with Crippen LogP contribution in [-0.4, -0.2) is 0 Å². The van der Waals surface area contributed by atoms with Crippen molar-refractivity contribution < 1.29 is 17.6 Å². The summed E-state index contributed by atoms with van der Waals surface area (Å²) in [5.74, 6) is 0.858. The first-order valence-corrected chi connectivity index (χ1v) is 12.5. The fourth-order valence-electron chi connectivity index (χ4n) is 3.98. The van der Waals surface area contributed by atoms with Crippen LogP contribution in [0.1, 0.15) is 12.0 Å². The fourth-order valence-corrected chi connectivity index (χ4v) is 4.51. The van der Waals surface area contributed by atoms with Gasteiger partial charge in [-0.25, -0.2) is 8.78 Å². The van der Waals surface area contributed by atoms with Gasteiger partial charge in [-0.3, -0.25) is 9.59 Å². The monoisotopic (exact) mass is 562 g/mol. The van der Waals surface area contributed by atoms with Gasteiger partial charge in [0.1, 0.15) is 17.1 Å². The highest BCUT2D eigenvalue weighted by molar-refractivity contribution is 6.38. The lowest BCUT2D eigenvalue weighted by molar-refractivity contribution is 0.151. The molecule has 0 bridgehead atoms. The third-order valence-corrected chi connectivity index (χ3v) is 6.37. The summed E-state index contributed by atoms with van der Waals surface area (Å²) in [5, 5.41) is 1.43. The second kappa shape index (κ2) is 11.2. The second-order valence-electron chi connectivity index (χ2n) is 8.50. The molecule has 0 saturated carbocycles. The molecule has 4 nitrogen and oxygen atoms in total. The van der Waals surface area contributed by atoms with Gasteiger partial charge < -0.3 is 8.83 Å². The molecular formula is C31H18Cl2F2O4. The van der Waals surface area contributed by atoms with Gasteiger partial charge in [0.2, 0.25) is 0 Å². The van der Waals surface area contributed by atoms with Crippen LogP contribution in [0.5, 0.6) is 0 Å². The number of rotatable bonds is 3. The summed E-state index contributed by atoms with van der Waals surface area (Å²) in [6.07, 6.45) is -2.59. The second-order valence-corrected chi connectivity index (χ2v) is 9.35. The number of hydrogen-bond donors (Lipinski definition) is 0. The maximum atomic E-state index is 12.7. The average Bonchev–Trinajstić information content (AvgIpc) is 2.94. The molecule has 0 radical (unpaired) electrons. The summed E-state index contributed by atoms with van der Waals surface area (Å²) in [6, 6.07) is 28.2. The van der Waals surface area contributed by atoms with Crippen LogP contribution in [0, 0.1) is 0 Å². The van der Waals surface area contributed by atoms with E-state index in [-0.39, 0.29) is 22.0 Å². The minimum atomic E-state index is -2.59. The van der Waals surface area contributed by atoms with Gasteiger partial charge in [-0.05, 0) is 24.3 Å². The first kappa shape index (κ1) is 26.4. The van der Waals surface area contributed by atoms with Crippen LogP contribution in [0.25, 0.3) is 44.6 Å². The van der Waals surface area contributed by atoms with Crippen LogP contribution in [0.3, 0.4) is 0 Å². The van der Waals surface area contributed by atoms with Crippen molar-refractivity contribution in [3.8, 4) is 22.6 Å². The molecule has 6 aromatic rings. The van der Waals surface area contributed by atoms with Crippen molar-refractivity contribution in [2.75, 3.05) is 0 Å². The molecule has 6 rings (SSSR count). The van der Waals surface area contributed by atoms with Crippen LogP contribution in [0.2, 0.25) is 10.0 Å². The molecule has 194 valence electrons. The lowest BCUT2D eigenvalue weighted by Crippen LogP contribution is -2.00. The molecule has 0 atom stereocenters. The van der Waals surface area contributed by atoms with E-state index < -0.39 is 6.43 Å². The van der Waals surface area contributed by atoms with Crippen molar-refractivity contribution >= 4 is 45.1 Å². The predicted molar refractivity (Wildman–Crippen MR) is 151 cm³/mol. The number of fused-ring (bicyclic) bond motifs is 2. The number of halogens is 4. The Hall–Kier alpha value is -4.26. The van der Waals surface area contributed by atoms with Crippen molar-refractivity contribution in [1.29, 1.82) is 0 Å². The van der Waals surface area contributed by atoms with Crippen molar-refractivity contribution in [1.82, 2.24) is 0 Å². The van der Waals surface area contributed by atoms with E-state index in [0.717, 1.165) is 11.1 Å². The Bertz CT molecular complexity index is 1900. The van der Waals surface area contributed by atoms with Gasteiger partial charge in [0.25, 0.3) is 6.43 Å². The highest BCUT2D eigenvalue weighted by Gasteiger charge is 2.12. The van der Waals surface area contributed by atoms with E-state index in [9.17, 15) is 18.4 Å². The fraction of sp³-hybridized carbons (Fsp3) is 0.0323. The Labute approximate surface area is 230 Å². The Morgan fingerprint density at radius 1 is 0.615 bits per heavy atom. The van der Waals surface area contributed by atoms with Gasteiger partial charge >= 0.3 is 0 Å². The van der Waals surface area contributed by atoms with Gasteiger partial charge in [-0.1, -0.05) is 89.9 Å². The summed E-state index contributed by atoms with van der Waals surface area (Å²) >= 11 is 12.0. The van der Waals surface area contributed by atoms with Crippen LogP contribution in [-0.2, 0) is 0 Å². The summed E-state index contributed by atoms with van der Waals surface area (Å²) < 4.78 is 36.7. The summed E-state index contributed by atoms with van der Waals surface area (Å²) in [5.41, 5.74) is 1.52. The number of hydrogen-bond acceptors (Lipinski definition) is 4. The van der Waals surface area contributed by atoms with E-state index in [4.69, 9.17) is 32.0 Å². The van der Waals surface area contributed by atoms with Crippen LogP contribution in [0.4, 0.5) is 8.78 Å². The van der Waals surface area contributed by atoms with Crippen molar-refractivity contribution in [2.24, 2.45) is 0 Å². The van der Waals surface area contributed by atoms with Crippen molar-refractivity contribution in [3.05, 3.63) is 139 Å².